The Morgan fingerprint density at radius 1 is 1.45 bits per heavy atom. The maximum absolute atomic E-state index is 11.9. The van der Waals surface area contributed by atoms with E-state index < -0.39 is 11.7 Å². The van der Waals surface area contributed by atoms with E-state index >= 15 is 0 Å². The fourth-order valence-corrected chi connectivity index (χ4v) is 3.66. The molecule has 1 aromatic carbocycles. The van der Waals surface area contributed by atoms with Crippen LogP contribution in [0.25, 0.3) is 0 Å². The monoisotopic (exact) mass is 384 g/mol. The van der Waals surface area contributed by atoms with Gasteiger partial charge in [0.1, 0.15) is 5.60 Å². The first-order valence-corrected chi connectivity index (χ1v) is 8.94. The minimum Gasteiger partial charge on any atom is -0.444 e. The van der Waals surface area contributed by atoms with Gasteiger partial charge in [0.05, 0.1) is 5.54 Å². The summed E-state index contributed by atoms with van der Waals surface area (Å²) >= 11 is 5.04. The van der Waals surface area contributed by atoms with Gasteiger partial charge >= 0.3 is 6.09 Å². The van der Waals surface area contributed by atoms with Crippen molar-refractivity contribution in [3.63, 3.8) is 0 Å². The molecule has 0 saturated heterocycles. The Morgan fingerprint density at radius 2 is 2.18 bits per heavy atom. The molecule has 1 aliphatic heterocycles. The third-order valence-electron chi connectivity index (χ3n) is 3.23. The van der Waals surface area contributed by atoms with Gasteiger partial charge in [-0.25, -0.2) is 4.79 Å². The number of amidine groups is 1. The first kappa shape index (κ1) is 17.3. The molecule has 1 amide bonds. The molecule has 0 spiro atoms. The van der Waals surface area contributed by atoms with Gasteiger partial charge in [0.2, 0.25) is 0 Å². The molecule has 1 heterocycles. The van der Waals surface area contributed by atoms with Gasteiger partial charge in [-0.1, -0.05) is 39.8 Å². The second kappa shape index (κ2) is 6.62. The Morgan fingerprint density at radius 3 is 2.82 bits per heavy atom. The average Bonchev–Trinajstić information content (AvgIpc) is 2.36. The summed E-state index contributed by atoms with van der Waals surface area (Å²) in [5.41, 5.74) is 0.280. The predicted octanol–water partition coefficient (Wildman–Crippen LogP) is 4.68. The van der Waals surface area contributed by atoms with Crippen LogP contribution in [0.3, 0.4) is 0 Å². The molecule has 1 aromatic rings. The molecular weight excluding hydrogens is 364 g/mol. The summed E-state index contributed by atoms with van der Waals surface area (Å²) in [5.74, 6) is 0.900. The van der Waals surface area contributed by atoms with E-state index in [4.69, 9.17) is 9.73 Å². The van der Waals surface area contributed by atoms with Gasteiger partial charge in [-0.15, -0.1) is 0 Å². The van der Waals surface area contributed by atoms with E-state index in [0.717, 1.165) is 22.2 Å². The first-order valence-electron chi connectivity index (χ1n) is 7.17. The Labute approximate surface area is 144 Å². The number of halogens is 1. The zero-order valence-corrected chi connectivity index (χ0v) is 15.7. The van der Waals surface area contributed by atoms with Crippen LogP contribution < -0.4 is 5.32 Å². The molecule has 0 radical (unpaired) electrons. The number of benzene rings is 1. The lowest BCUT2D eigenvalue weighted by atomic mass is 9.90. The predicted molar refractivity (Wildman–Crippen MR) is 95.4 cm³/mol. The van der Waals surface area contributed by atoms with Gasteiger partial charge in [-0.2, -0.15) is 0 Å². The normalized spacial score (nSPS) is 22.0. The van der Waals surface area contributed by atoms with Crippen LogP contribution >= 0.6 is 27.7 Å². The van der Waals surface area contributed by atoms with Crippen molar-refractivity contribution in [3.05, 3.63) is 34.3 Å². The minimum absolute atomic E-state index is 0.334. The highest BCUT2D eigenvalue weighted by Gasteiger charge is 2.31. The van der Waals surface area contributed by atoms with Crippen molar-refractivity contribution < 1.29 is 9.53 Å². The number of hydrogen-bond donors (Lipinski definition) is 1. The summed E-state index contributed by atoms with van der Waals surface area (Å²) < 4.78 is 6.31. The Balaban J connectivity index is 2.16. The number of nitrogens with one attached hydrogen (secondary N) is 1. The minimum atomic E-state index is -0.516. The van der Waals surface area contributed by atoms with Crippen molar-refractivity contribution in [1.82, 2.24) is 5.32 Å². The second-order valence-electron chi connectivity index (χ2n) is 6.43. The highest BCUT2D eigenvalue weighted by Crippen LogP contribution is 2.36. The third-order valence-corrected chi connectivity index (χ3v) is 4.60. The van der Waals surface area contributed by atoms with Gasteiger partial charge in [-0.3, -0.25) is 10.3 Å². The summed E-state index contributed by atoms with van der Waals surface area (Å²) in [7, 11) is 0. The highest BCUT2D eigenvalue weighted by molar-refractivity contribution is 9.10. The maximum Gasteiger partial charge on any atom is 0.413 e. The summed E-state index contributed by atoms with van der Waals surface area (Å²) in [6.07, 6.45) is 0.463. The van der Waals surface area contributed by atoms with Gasteiger partial charge < -0.3 is 4.74 Å². The maximum atomic E-state index is 11.9. The van der Waals surface area contributed by atoms with Gasteiger partial charge in [0.25, 0.3) is 0 Å². The van der Waals surface area contributed by atoms with E-state index in [9.17, 15) is 4.79 Å². The number of hydrogen-bond acceptors (Lipinski definition) is 4. The van der Waals surface area contributed by atoms with Crippen LogP contribution in [0.4, 0.5) is 4.79 Å². The van der Waals surface area contributed by atoms with Crippen molar-refractivity contribution in [2.75, 3.05) is 5.75 Å². The fourth-order valence-electron chi connectivity index (χ4n) is 2.15. The number of rotatable bonds is 1. The summed E-state index contributed by atoms with van der Waals surface area (Å²) in [4.78, 5) is 16.6. The van der Waals surface area contributed by atoms with Crippen molar-refractivity contribution >= 4 is 39.0 Å². The number of carbonyl (C=O) groups excluding carboxylic acids is 1. The lowest BCUT2D eigenvalue weighted by Gasteiger charge is -2.31. The molecule has 1 N–H and O–H groups in total. The molecule has 0 aromatic heterocycles. The van der Waals surface area contributed by atoms with E-state index in [2.05, 4.69) is 40.3 Å². The molecule has 1 unspecified atom stereocenters. The number of ether oxygens (including phenoxy) is 1. The lowest BCUT2D eigenvalue weighted by Crippen LogP contribution is -2.38. The molecule has 1 atom stereocenters. The Kier molecular flexibility index (Phi) is 5.22. The average molecular weight is 385 g/mol. The standard InChI is InChI=1S/C16H21BrN2O2S/c1-15(2,3)21-14(20)18-13-19-16(4,8-9-22-13)11-6-5-7-12(17)10-11/h5-7,10H,8-9H2,1-4H3,(H,18,19,20). The SMILES string of the molecule is CC(C)(C)OC(=O)NC1=NC(C)(c2cccc(Br)c2)CCS1. The zero-order valence-electron chi connectivity index (χ0n) is 13.3. The highest BCUT2D eigenvalue weighted by atomic mass is 79.9. The smallest absolute Gasteiger partial charge is 0.413 e. The van der Waals surface area contributed by atoms with E-state index in [-0.39, 0.29) is 5.54 Å². The van der Waals surface area contributed by atoms with Gasteiger partial charge in [-0.05, 0) is 51.8 Å². The van der Waals surface area contributed by atoms with Gasteiger partial charge in [0.15, 0.2) is 5.17 Å². The van der Waals surface area contributed by atoms with Crippen molar-refractivity contribution in [1.29, 1.82) is 0 Å². The summed E-state index contributed by atoms with van der Waals surface area (Å²) in [6.45, 7) is 7.61. The largest absolute Gasteiger partial charge is 0.444 e. The van der Waals surface area contributed by atoms with Crippen LogP contribution in [-0.4, -0.2) is 22.6 Å². The van der Waals surface area contributed by atoms with Crippen LogP contribution in [0.5, 0.6) is 0 Å². The molecule has 4 nitrogen and oxygen atoms in total. The zero-order chi connectivity index (χ0) is 16.4. The molecule has 120 valence electrons. The van der Waals surface area contributed by atoms with Crippen molar-refractivity contribution in [2.45, 2.75) is 45.3 Å². The van der Waals surface area contributed by atoms with E-state index in [1.807, 2.05) is 32.9 Å². The number of thioether (sulfide) groups is 1. The van der Waals surface area contributed by atoms with Crippen LogP contribution in [-0.2, 0) is 10.3 Å². The topological polar surface area (TPSA) is 50.7 Å². The van der Waals surface area contributed by atoms with Crippen molar-refractivity contribution in [2.24, 2.45) is 4.99 Å². The van der Waals surface area contributed by atoms with E-state index in [1.54, 1.807) is 11.8 Å². The number of nitrogens with zero attached hydrogens (tertiary/aromatic N) is 1. The molecule has 6 heteroatoms. The molecule has 22 heavy (non-hydrogen) atoms. The summed E-state index contributed by atoms with van der Waals surface area (Å²) in [6, 6.07) is 8.14. The van der Waals surface area contributed by atoms with Gasteiger partial charge in [0, 0.05) is 10.2 Å². The number of carbonyl (C=O) groups is 1. The quantitative estimate of drug-likeness (QED) is 0.764. The molecular formula is C16H21BrN2O2S. The third kappa shape index (κ3) is 4.74. The van der Waals surface area contributed by atoms with E-state index in [0.29, 0.717) is 5.17 Å². The van der Waals surface area contributed by atoms with Crippen molar-refractivity contribution in [3.8, 4) is 0 Å². The number of alkyl carbamates (subject to hydrolysis) is 1. The fraction of sp³-hybridized carbons (Fsp3) is 0.500. The molecule has 0 saturated carbocycles. The lowest BCUT2D eigenvalue weighted by molar-refractivity contribution is 0.0564. The number of amides is 1. The molecule has 0 fully saturated rings. The molecule has 0 bridgehead atoms. The van der Waals surface area contributed by atoms with E-state index in [1.165, 1.54) is 0 Å². The Hall–Kier alpha value is -1.01. The van der Waals surface area contributed by atoms with Crippen LogP contribution in [0.2, 0.25) is 0 Å². The first-order chi connectivity index (χ1) is 10.2. The van der Waals surface area contributed by atoms with Crippen LogP contribution in [0, 0.1) is 0 Å². The second-order valence-corrected chi connectivity index (χ2v) is 8.43. The molecule has 2 rings (SSSR count). The Bertz CT molecular complexity index is 598. The van der Waals surface area contributed by atoms with Crippen LogP contribution in [0.1, 0.15) is 39.7 Å². The molecule has 0 aliphatic carbocycles. The number of aliphatic imine (C=N–C) groups is 1. The molecule has 1 aliphatic rings. The summed E-state index contributed by atoms with van der Waals surface area (Å²) in [5, 5.41) is 3.37. The van der Waals surface area contributed by atoms with Crippen LogP contribution in [0.15, 0.2) is 33.7 Å².